The van der Waals surface area contributed by atoms with Crippen molar-refractivity contribution >= 4 is 34.4 Å². The minimum atomic E-state index is 0.190. The molecule has 4 aromatic rings. The zero-order chi connectivity index (χ0) is 22.8. The number of nitrogens with zero attached hydrogens (tertiary/aromatic N) is 6. The summed E-state index contributed by atoms with van der Waals surface area (Å²) >= 11 is 6.21. The van der Waals surface area contributed by atoms with E-state index in [0.717, 1.165) is 48.7 Å². The molecule has 3 aromatic heterocycles. The zero-order valence-electron chi connectivity index (χ0n) is 18.7. The number of hydrogen-bond donors (Lipinski definition) is 2. The Bertz CT molecular complexity index is 1240. The molecule has 1 aliphatic rings. The monoisotopic (exact) mass is 466 g/mol. The molecule has 0 aliphatic carbocycles. The molecule has 10 heteroatoms. The van der Waals surface area contributed by atoms with Gasteiger partial charge in [0.2, 0.25) is 5.28 Å². The molecule has 0 saturated carbocycles. The van der Waals surface area contributed by atoms with Crippen LogP contribution in [0.25, 0.3) is 16.9 Å². The molecule has 1 unspecified atom stereocenters. The third-order valence-corrected chi connectivity index (χ3v) is 5.93. The lowest BCUT2D eigenvalue weighted by Crippen LogP contribution is -2.18. The second-order valence-electron chi connectivity index (χ2n) is 8.40. The van der Waals surface area contributed by atoms with E-state index in [9.17, 15) is 0 Å². The SMILES string of the molecule is CC(C)n1cnc2c(NCc3ccccc3-n3ccc(NCC4CCCO4)n3)nc(Cl)nc21. The van der Waals surface area contributed by atoms with Gasteiger partial charge in [-0.05, 0) is 49.9 Å². The number of rotatable bonds is 8. The Morgan fingerprint density at radius 2 is 2.06 bits per heavy atom. The summed E-state index contributed by atoms with van der Waals surface area (Å²) in [6, 6.07) is 10.3. The lowest BCUT2D eigenvalue weighted by molar-refractivity contribution is 0.120. The van der Waals surface area contributed by atoms with Crippen molar-refractivity contribution in [2.45, 2.75) is 45.4 Å². The van der Waals surface area contributed by atoms with Gasteiger partial charge in [0.1, 0.15) is 5.82 Å². The lowest BCUT2D eigenvalue weighted by atomic mass is 10.2. The fourth-order valence-electron chi connectivity index (χ4n) is 4.03. The van der Waals surface area contributed by atoms with Crippen molar-refractivity contribution in [3.63, 3.8) is 0 Å². The van der Waals surface area contributed by atoms with Crippen LogP contribution in [0.15, 0.2) is 42.9 Å². The molecule has 0 amide bonds. The molecule has 0 bridgehead atoms. The van der Waals surface area contributed by atoms with Crippen LogP contribution in [0.4, 0.5) is 11.6 Å². The van der Waals surface area contributed by atoms with Gasteiger partial charge >= 0.3 is 0 Å². The highest BCUT2D eigenvalue weighted by Crippen LogP contribution is 2.25. The number of fused-ring (bicyclic) bond motifs is 1. The Balaban J connectivity index is 1.34. The van der Waals surface area contributed by atoms with Gasteiger partial charge in [-0.3, -0.25) is 0 Å². The van der Waals surface area contributed by atoms with Crippen molar-refractivity contribution in [3.8, 4) is 5.69 Å². The fourth-order valence-corrected chi connectivity index (χ4v) is 4.19. The number of hydrogen-bond acceptors (Lipinski definition) is 7. The van der Waals surface area contributed by atoms with Gasteiger partial charge in [-0.2, -0.15) is 15.1 Å². The number of benzene rings is 1. The standard InChI is InChI=1S/C23H27ClN8O/c1-15(2)31-14-27-20-21(28-23(24)29-22(20)31)26-12-16-6-3-4-8-18(16)32-10-9-19(30-32)25-13-17-7-5-11-33-17/h3-4,6,8-10,14-15,17H,5,7,11-13H2,1-2H3,(H,25,30)(H,26,28,29). The number of para-hydroxylation sites is 1. The van der Waals surface area contributed by atoms with E-state index in [-0.39, 0.29) is 17.4 Å². The van der Waals surface area contributed by atoms with Gasteiger partial charge in [-0.25, -0.2) is 9.67 Å². The van der Waals surface area contributed by atoms with Crippen molar-refractivity contribution in [1.29, 1.82) is 0 Å². The Labute approximate surface area is 197 Å². The van der Waals surface area contributed by atoms with Crippen LogP contribution < -0.4 is 10.6 Å². The van der Waals surface area contributed by atoms with Crippen molar-refractivity contribution in [2.24, 2.45) is 0 Å². The molecule has 1 aliphatic heterocycles. The Morgan fingerprint density at radius 3 is 2.88 bits per heavy atom. The Hall–Kier alpha value is -3.17. The van der Waals surface area contributed by atoms with E-state index in [4.69, 9.17) is 21.4 Å². The summed E-state index contributed by atoms with van der Waals surface area (Å²) in [5, 5.41) is 11.7. The first kappa shape index (κ1) is 21.7. The molecule has 172 valence electrons. The number of imidazole rings is 1. The highest BCUT2D eigenvalue weighted by atomic mass is 35.5. The van der Waals surface area contributed by atoms with Crippen LogP contribution in [0.1, 0.15) is 38.3 Å². The summed E-state index contributed by atoms with van der Waals surface area (Å²) in [7, 11) is 0. The minimum absolute atomic E-state index is 0.190. The topological polar surface area (TPSA) is 94.7 Å². The molecule has 1 atom stereocenters. The molecule has 4 heterocycles. The molecular weight excluding hydrogens is 440 g/mol. The van der Waals surface area contributed by atoms with E-state index in [1.165, 1.54) is 0 Å². The maximum Gasteiger partial charge on any atom is 0.226 e. The van der Waals surface area contributed by atoms with Crippen LogP contribution in [0, 0.1) is 0 Å². The number of halogens is 1. The zero-order valence-corrected chi connectivity index (χ0v) is 19.5. The fraction of sp³-hybridized carbons (Fsp3) is 0.391. The van der Waals surface area contributed by atoms with Gasteiger partial charge in [-0.15, -0.1) is 0 Å². The highest BCUT2D eigenvalue weighted by molar-refractivity contribution is 6.28. The summed E-state index contributed by atoms with van der Waals surface area (Å²) in [5.41, 5.74) is 3.47. The maximum absolute atomic E-state index is 6.21. The minimum Gasteiger partial charge on any atom is -0.376 e. The van der Waals surface area contributed by atoms with Crippen molar-refractivity contribution in [1.82, 2.24) is 29.3 Å². The van der Waals surface area contributed by atoms with Gasteiger partial charge < -0.3 is 19.9 Å². The predicted octanol–water partition coefficient (Wildman–Crippen LogP) is 4.45. The number of anilines is 2. The van der Waals surface area contributed by atoms with E-state index in [1.807, 2.05) is 39.7 Å². The van der Waals surface area contributed by atoms with Gasteiger partial charge in [0.25, 0.3) is 0 Å². The largest absolute Gasteiger partial charge is 0.376 e. The Morgan fingerprint density at radius 1 is 1.18 bits per heavy atom. The molecular formula is C23H27ClN8O. The molecule has 5 rings (SSSR count). The second-order valence-corrected chi connectivity index (χ2v) is 8.74. The average molecular weight is 467 g/mol. The van der Waals surface area contributed by atoms with Gasteiger partial charge in [0, 0.05) is 38.0 Å². The number of ether oxygens (including phenoxy) is 1. The van der Waals surface area contributed by atoms with Crippen LogP contribution in [0.3, 0.4) is 0 Å². The highest BCUT2D eigenvalue weighted by Gasteiger charge is 2.17. The first-order chi connectivity index (χ1) is 16.1. The second kappa shape index (κ2) is 9.36. The Kier molecular flexibility index (Phi) is 6.15. The molecule has 1 fully saturated rings. The van der Waals surface area contributed by atoms with Crippen LogP contribution in [-0.4, -0.2) is 48.6 Å². The van der Waals surface area contributed by atoms with Crippen molar-refractivity contribution in [3.05, 3.63) is 53.7 Å². The molecule has 33 heavy (non-hydrogen) atoms. The summed E-state index contributed by atoms with van der Waals surface area (Å²) in [6.07, 6.45) is 6.22. The smallest absolute Gasteiger partial charge is 0.226 e. The number of nitrogens with one attached hydrogen (secondary N) is 2. The van der Waals surface area contributed by atoms with E-state index in [0.29, 0.717) is 17.9 Å². The molecule has 0 spiro atoms. The first-order valence-corrected chi connectivity index (χ1v) is 11.6. The third-order valence-electron chi connectivity index (χ3n) is 5.76. The van der Waals surface area contributed by atoms with Crippen LogP contribution in [-0.2, 0) is 11.3 Å². The van der Waals surface area contributed by atoms with Gasteiger partial charge in [-0.1, -0.05) is 18.2 Å². The molecule has 1 aromatic carbocycles. The van der Waals surface area contributed by atoms with Crippen LogP contribution in [0.5, 0.6) is 0 Å². The normalized spacial score (nSPS) is 16.1. The molecule has 0 radical (unpaired) electrons. The van der Waals surface area contributed by atoms with E-state index in [1.54, 1.807) is 6.33 Å². The maximum atomic E-state index is 6.21. The summed E-state index contributed by atoms with van der Waals surface area (Å²) in [6.45, 7) is 6.31. The summed E-state index contributed by atoms with van der Waals surface area (Å²) in [4.78, 5) is 13.3. The van der Waals surface area contributed by atoms with Crippen LogP contribution >= 0.6 is 11.6 Å². The van der Waals surface area contributed by atoms with E-state index in [2.05, 4.69) is 45.5 Å². The average Bonchev–Trinajstić information content (AvgIpc) is 3.57. The predicted molar refractivity (Wildman–Crippen MR) is 129 cm³/mol. The summed E-state index contributed by atoms with van der Waals surface area (Å²) < 4.78 is 9.54. The van der Waals surface area contributed by atoms with E-state index < -0.39 is 0 Å². The van der Waals surface area contributed by atoms with Crippen molar-refractivity contribution in [2.75, 3.05) is 23.8 Å². The molecule has 2 N–H and O–H groups in total. The van der Waals surface area contributed by atoms with Crippen LogP contribution in [0.2, 0.25) is 5.28 Å². The number of aromatic nitrogens is 6. The summed E-state index contributed by atoms with van der Waals surface area (Å²) in [5.74, 6) is 1.44. The first-order valence-electron chi connectivity index (χ1n) is 11.2. The molecule has 1 saturated heterocycles. The van der Waals surface area contributed by atoms with Gasteiger partial charge in [0.05, 0.1) is 18.1 Å². The third kappa shape index (κ3) is 4.65. The lowest BCUT2D eigenvalue weighted by Gasteiger charge is -2.12. The van der Waals surface area contributed by atoms with E-state index >= 15 is 0 Å². The quantitative estimate of drug-likeness (QED) is 0.370. The van der Waals surface area contributed by atoms with Crippen molar-refractivity contribution < 1.29 is 4.74 Å². The molecule has 9 nitrogen and oxygen atoms in total. The van der Waals surface area contributed by atoms with Gasteiger partial charge in [0.15, 0.2) is 17.0 Å².